The predicted octanol–water partition coefficient (Wildman–Crippen LogP) is 3.56. The summed E-state index contributed by atoms with van der Waals surface area (Å²) in [5.41, 5.74) is 0.992. The first-order valence-corrected chi connectivity index (χ1v) is 10.7. The molecule has 3 heterocycles. The third kappa shape index (κ3) is 4.02. The smallest absolute Gasteiger partial charge is 0.225 e. The molecule has 0 atom stereocenters. The molecule has 0 radical (unpaired) electrons. The Morgan fingerprint density at radius 1 is 1.14 bits per heavy atom. The van der Waals surface area contributed by atoms with Gasteiger partial charge in [0, 0.05) is 49.7 Å². The molecule has 2 aromatic rings. The van der Waals surface area contributed by atoms with Crippen LogP contribution in [0.5, 0.6) is 0 Å². The molecule has 0 spiro atoms. The highest BCUT2D eigenvalue weighted by Crippen LogP contribution is 2.23. The number of aromatic nitrogens is 3. The molecule has 1 aromatic carbocycles. The van der Waals surface area contributed by atoms with Crippen LogP contribution >= 0.6 is 23.8 Å². The average Bonchev–Trinajstić information content (AvgIpc) is 3.34. The van der Waals surface area contributed by atoms with Crippen molar-refractivity contribution in [3.05, 3.63) is 34.1 Å². The molecule has 0 bridgehead atoms. The van der Waals surface area contributed by atoms with Crippen LogP contribution in [0.3, 0.4) is 0 Å². The minimum atomic E-state index is 0.177. The van der Waals surface area contributed by atoms with Gasteiger partial charge in [0.1, 0.15) is 0 Å². The first kappa shape index (κ1) is 19.6. The van der Waals surface area contributed by atoms with Gasteiger partial charge in [0.25, 0.3) is 0 Å². The van der Waals surface area contributed by atoms with E-state index in [2.05, 4.69) is 4.90 Å². The number of halogens is 1. The molecule has 0 saturated carbocycles. The maximum atomic E-state index is 12.6. The number of rotatable bonds is 4. The van der Waals surface area contributed by atoms with E-state index in [9.17, 15) is 4.79 Å². The largest absolute Gasteiger partial charge is 0.342 e. The number of piperidine rings is 1. The van der Waals surface area contributed by atoms with Gasteiger partial charge in [0.2, 0.25) is 5.91 Å². The Kier molecular flexibility index (Phi) is 5.85. The molecule has 1 aromatic heterocycles. The summed E-state index contributed by atoms with van der Waals surface area (Å²) in [4.78, 5) is 17.0. The number of amides is 1. The molecule has 4 rings (SSSR count). The molecule has 8 heteroatoms. The standard InChI is InChI=1S/C20H26ClN5OS/c1-23-18(15-4-6-17(21)7-5-15)22-26(20(23)28)14-24-12-8-16(9-13-24)19(27)25-10-2-3-11-25/h4-7,16H,2-3,8-14H2,1H3. The molecule has 0 unspecified atom stereocenters. The van der Waals surface area contributed by atoms with Crippen molar-refractivity contribution in [2.45, 2.75) is 32.4 Å². The Balaban J connectivity index is 1.40. The number of hydrogen-bond donors (Lipinski definition) is 0. The van der Waals surface area contributed by atoms with Gasteiger partial charge >= 0.3 is 0 Å². The van der Waals surface area contributed by atoms with Crippen molar-refractivity contribution in [2.24, 2.45) is 13.0 Å². The minimum Gasteiger partial charge on any atom is -0.342 e. The van der Waals surface area contributed by atoms with Gasteiger partial charge in [-0.05, 0) is 62.2 Å². The van der Waals surface area contributed by atoms with Crippen molar-refractivity contribution in [3.63, 3.8) is 0 Å². The summed E-state index contributed by atoms with van der Waals surface area (Å²) >= 11 is 11.6. The molecule has 2 aliphatic heterocycles. The normalized spacial score (nSPS) is 18.7. The summed E-state index contributed by atoms with van der Waals surface area (Å²) < 4.78 is 4.50. The molecule has 6 nitrogen and oxygen atoms in total. The summed E-state index contributed by atoms with van der Waals surface area (Å²) in [6.45, 7) is 4.34. The Labute approximate surface area is 175 Å². The zero-order valence-electron chi connectivity index (χ0n) is 16.2. The van der Waals surface area contributed by atoms with E-state index in [1.807, 2.05) is 45.5 Å². The van der Waals surface area contributed by atoms with E-state index in [1.54, 1.807) is 0 Å². The summed E-state index contributed by atoms with van der Waals surface area (Å²) in [5.74, 6) is 1.37. The summed E-state index contributed by atoms with van der Waals surface area (Å²) in [7, 11) is 1.94. The van der Waals surface area contributed by atoms with Crippen molar-refractivity contribution in [1.29, 1.82) is 0 Å². The van der Waals surface area contributed by atoms with Crippen LogP contribution in [-0.2, 0) is 18.5 Å². The highest BCUT2D eigenvalue weighted by Gasteiger charge is 2.30. The molecule has 2 fully saturated rings. The van der Waals surface area contributed by atoms with Crippen LogP contribution in [0.1, 0.15) is 25.7 Å². The maximum Gasteiger partial charge on any atom is 0.225 e. The molecule has 150 valence electrons. The monoisotopic (exact) mass is 419 g/mol. The van der Waals surface area contributed by atoms with E-state index in [1.165, 1.54) is 0 Å². The summed E-state index contributed by atoms with van der Waals surface area (Å²) in [6.07, 6.45) is 4.13. The van der Waals surface area contributed by atoms with Crippen LogP contribution in [0.4, 0.5) is 0 Å². The first-order chi connectivity index (χ1) is 13.5. The topological polar surface area (TPSA) is 46.3 Å². The molecule has 0 N–H and O–H groups in total. The maximum absolute atomic E-state index is 12.6. The van der Waals surface area contributed by atoms with Crippen molar-refractivity contribution in [3.8, 4) is 11.4 Å². The fourth-order valence-corrected chi connectivity index (χ4v) is 4.45. The summed E-state index contributed by atoms with van der Waals surface area (Å²) in [5, 5.41) is 5.44. The summed E-state index contributed by atoms with van der Waals surface area (Å²) in [6, 6.07) is 7.64. The fourth-order valence-electron chi connectivity index (χ4n) is 4.14. The van der Waals surface area contributed by atoms with Crippen LogP contribution in [0.15, 0.2) is 24.3 Å². The van der Waals surface area contributed by atoms with Crippen molar-refractivity contribution >= 4 is 29.7 Å². The minimum absolute atomic E-state index is 0.177. The van der Waals surface area contributed by atoms with E-state index < -0.39 is 0 Å². The Bertz CT molecular complexity index is 892. The number of hydrogen-bond acceptors (Lipinski definition) is 4. The highest BCUT2D eigenvalue weighted by atomic mass is 35.5. The van der Waals surface area contributed by atoms with Gasteiger partial charge in [0.05, 0.1) is 6.67 Å². The Morgan fingerprint density at radius 3 is 2.43 bits per heavy atom. The van der Waals surface area contributed by atoms with Gasteiger partial charge < -0.3 is 9.47 Å². The van der Waals surface area contributed by atoms with Crippen LogP contribution in [0, 0.1) is 10.7 Å². The fraction of sp³-hybridized carbons (Fsp3) is 0.550. The molecule has 1 amide bonds. The van der Waals surface area contributed by atoms with Crippen molar-refractivity contribution in [2.75, 3.05) is 26.2 Å². The third-order valence-corrected chi connectivity index (χ3v) is 6.57. The average molecular weight is 420 g/mol. The van der Waals surface area contributed by atoms with Crippen LogP contribution in [-0.4, -0.2) is 56.2 Å². The number of benzene rings is 1. The quantitative estimate of drug-likeness (QED) is 0.711. The second kappa shape index (κ2) is 8.35. The molecular weight excluding hydrogens is 394 g/mol. The number of carbonyl (C=O) groups excluding carboxylic acids is 1. The van der Waals surface area contributed by atoms with Crippen molar-refractivity contribution < 1.29 is 4.79 Å². The molecular formula is C20H26ClN5OS. The second-order valence-corrected chi connectivity index (χ2v) is 8.54. The zero-order chi connectivity index (χ0) is 19.7. The van der Waals surface area contributed by atoms with E-state index >= 15 is 0 Å². The van der Waals surface area contributed by atoms with E-state index in [-0.39, 0.29) is 5.92 Å². The van der Waals surface area contributed by atoms with E-state index in [4.69, 9.17) is 28.9 Å². The van der Waals surface area contributed by atoms with Gasteiger partial charge in [-0.1, -0.05) is 11.6 Å². The lowest BCUT2D eigenvalue weighted by molar-refractivity contribution is -0.136. The molecule has 2 saturated heterocycles. The number of nitrogens with zero attached hydrogens (tertiary/aromatic N) is 5. The van der Waals surface area contributed by atoms with Crippen LogP contribution < -0.4 is 0 Å². The van der Waals surface area contributed by atoms with E-state index in [0.717, 1.165) is 63.3 Å². The van der Waals surface area contributed by atoms with Gasteiger partial charge in [-0.3, -0.25) is 9.69 Å². The third-order valence-electron chi connectivity index (χ3n) is 5.83. The Hall–Kier alpha value is -1.70. The molecule has 2 aliphatic rings. The zero-order valence-corrected chi connectivity index (χ0v) is 17.8. The lowest BCUT2D eigenvalue weighted by Gasteiger charge is -2.32. The van der Waals surface area contributed by atoms with E-state index in [0.29, 0.717) is 22.4 Å². The van der Waals surface area contributed by atoms with Gasteiger partial charge in [-0.15, -0.1) is 0 Å². The lowest BCUT2D eigenvalue weighted by atomic mass is 9.95. The number of carbonyl (C=O) groups is 1. The molecule has 0 aliphatic carbocycles. The first-order valence-electron chi connectivity index (χ1n) is 9.94. The SMILES string of the molecule is Cn1c(-c2ccc(Cl)cc2)nn(CN2CCC(C(=O)N3CCCC3)CC2)c1=S. The highest BCUT2D eigenvalue weighted by molar-refractivity contribution is 7.71. The van der Waals surface area contributed by atoms with Crippen LogP contribution in [0.25, 0.3) is 11.4 Å². The van der Waals surface area contributed by atoms with Gasteiger partial charge in [0.15, 0.2) is 10.6 Å². The van der Waals surface area contributed by atoms with Gasteiger partial charge in [-0.2, -0.15) is 5.10 Å². The molecule has 28 heavy (non-hydrogen) atoms. The van der Waals surface area contributed by atoms with Crippen LogP contribution in [0.2, 0.25) is 5.02 Å². The van der Waals surface area contributed by atoms with Gasteiger partial charge in [-0.25, -0.2) is 4.68 Å². The van der Waals surface area contributed by atoms with Crippen molar-refractivity contribution in [1.82, 2.24) is 24.1 Å². The second-order valence-electron chi connectivity index (χ2n) is 7.74. The predicted molar refractivity (Wildman–Crippen MR) is 113 cm³/mol. The lowest BCUT2D eigenvalue weighted by Crippen LogP contribution is -2.42. The number of likely N-dealkylation sites (tertiary alicyclic amines) is 2. The Morgan fingerprint density at radius 2 is 1.79 bits per heavy atom.